The van der Waals surface area contributed by atoms with Crippen LogP contribution in [0.2, 0.25) is 0 Å². The molecule has 2 aromatic carbocycles. The summed E-state index contributed by atoms with van der Waals surface area (Å²) in [5.41, 5.74) is 2.74. The number of carbonyl (C=O) groups excluding carboxylic acids is 2. The van der Waals surface area contributed by atoms with Crippen molar-refractivity contribution in [3.8, 4) is 11.5 Å². The maximum atomic E-state index is 12.3. The lowest BCUT2D eigenvalue weighted by Gasteiger charge is -2.18. The van der Waals surface area contributed by atoms with Gasteiger partial charge in [0.15, 0.2) is 18.1 Å². The molecule has 0 fully saturated rings. The molecular formula is C21H25NO4. The number of aldehydes is 1. The fourth-order valence-electron chi connectivity index (χ4n) is 2.58. The first-order valence-electron chi connectivity index (χ1n) is 8.78. The van der Waals surface area contributed by atoms with Crippen LogP contribution in [-0.4, -0.2) is 25.4 Å². The number of benzene rings is 2. The van der Waals surface area contributed by atoms with Gasteiger partial charge in [-0.15, -0.1) is 0 Å². The summed E-state index contributed by atoms with van der Waals surface area (Å²) in [5.74, 6) is 0.686. The van der Waals surface area contributed by atoms with E-state index in [0.717, 1.165) is 18.3 Å². The number of hydrogen-bond donors (Lipinski definition) is 1. The van der Waals surface area contributed by atoms with Crippen molar-refractivity contribution in [1.29, 1.82) is 0 Å². The van der Waals surface area contributed by atoms with Gasteiger partial charge in [0.05, 0.1) is 12.6 Å². The number of ether oxygens (including phenoxy) is 2. The van der Waals surface area contributed by atoms with E-state index in [2.05, 4.69) is 5.32 Å². The molecule has 0 aliphatic heterocycles. The van der Waals surface area contributed by atoms with Crippen LogP contribution < -0.4 is 14.8 Å². The zero-order chi connectivity index (χ0) is 18.9. The minimum Gasteiger partial charge on any atom is -0.490 e. The molecule has 0 spiro atoms. The van der Waals surface area contributed by atoms with E-state index < -0.39 is 0 Å². The van der Waals surface area contributed by atoms with Crippen LogP contribution in [-0.2, 0) is 4.79 Å². The quantitative estimate of drug-likeness (QED) is 0.694. The topological polar surface area (TPSA) is 64.6 Å². The summed E-state index contributed by atoms with van der Waals surface area (Å²) in [6, 6.07) is 12.9. The SMILES string of the molecule is CCOc1cc(C=O)ccc1OCC(=O)N[C@@H](CC)c1ccc(C)cc1. The van der Waals surface area contributed by atoms with E-state index in [1.807, 2.05) is 45.0 Å². The molecule has 0 bridgehead atoms. The van der Waals surface area contributed by atoms with E-state index >= 15 is 0 Å². The van der Waals surface area contributed by atoms with Gasteiger partial charge in [0.2, 0.25) is 0 Å². The molecule has 5 nitrogen and oxygen atoms in total. The monoisotopic (exact) mass is 355 g/mol. The summed E-state index contributed by atoms with van der Waals surface area (Å²) in [4.78, 5) is 23.2. The third kappa shape index (κ3) is 5.34. The Morgan fingerprint density at radius 1 is 1.08 bits per heavy atom. The van der Waals surface area contributed by atoms with Gasteiger partial charge in [-0.3, -0.25) is 9.59 Å². The van der Waals surface area contributed by atoms with Gasteiger partial charge in [0.1, 0.15) is 6.29 Å². The molecule has 0 aromatic heterocycles. The van der Waals surface area contributed by atoms with Gasteiger partial charge >= 0.3 is 0 Å². The predicted octanol–water partition coefficient (Wildman–Crippen LogP) is 3.85. The van der Waals surface area contributed by atoms with Crippen LogP contribution in [0.3, 0.4) is 0 Å². The Morgan fingerprint density at radius 3 is 2.42 bits per heavy atom. The third-order valence-electron chi connectivity index (χ3n) is 3.99. The molecule has 2 aromatic rings. The number of aryl methyl sites for hydroxylation is 1. The summed E-state index contributed by atoms with van der Waals surface area (Å²) in [7, 11) is 0. The van der Waals surface area contributed by atoms with Crippen LogP contribution in [0.25, 0.3) is 0 Å². The number of hydrogen-bond acceptors (Lipinski definition) is 4. The van der Waals surface area contributed by atoms with Gasteiger partial charge in [-0.25, -0.2) is 0 Å². The molecule has 0 saturated carbocycles. The highest BCUT2D eigenvalue weighted by Gasteiger charge is 2.14. The molecular weight excluding hydrogens is 330 g/mol. The molecule has 0 saturated heterocycles. The van der Waals surface area contributed by atoms with Crippen LogP contribution in [0.5, 0.6) is 11.5 Å². The predicted molar refractivity (Wildman–Crippen MR) is 101 cm³/mol. The Bertz CT molecular complexity index is 740. The lowest BCUT2D eigenvalue weighted by Crippen LogP contribution is -2.32. The Morgan fingerprint density at radius 2 is 1.81 bits per heavy atom. The summed E-state index contributed by atoms with van der Waals surface area (Å²) < 4.78 is 11.1. The van der Waals surface area contributed by atoms with Crippen molar-refractivity contribution < 1.29 is 19.1 Å². The summed E-state index contributed by atoms with van der Waals surface area (Å²) in [6.07, 6.45) is 1.53. The largest absolute Gasteiger partial charge is 0.490 e. The number of nitrogens with one attached hydrogen (secondary N) is 1. The summed E-state index contributed by atoms with van der Waals surface area (Å²) in [6.45, 7) is 6.22. The molecule has 0 aliphatic carbocycles. The Balaban J connectivity index is 1.99. The van der Waals surface area contributed by atoms with Gasteiger partial charge in [-0.05, 0) is 44.0 Å². The molecule has 1 N–H and O–H groups in total. The Hall–Kier alpha value is -2.82. The average molecular weight is 355 g/mol. The van der Waals surface area contributed by atoms with Crippen molar-refractivity contribution in [1.82, 2.24) is 5.32 Å². The molecule has 0 unspecified atom stereocenters. The molecule has 138 valence electrons. The number of carbonyl (C=O) groups is 2. The van der Waals surface area contributed by atoms with Crippen molar-refractivity contribution >= 4 is 12.2 Å². The van der Waals surface area contributed by atoms with E-state index in [1.165, 1.54) is 5.56 Å². The fourth-order valence-corrected chi connectivity index (χ4v) is 2.58. The second kappa shape index (κ2) is 9.61. The van der Waals surface area contributed by atoms with Crippen LogP contribution in [0, 0.1) is 6.92 Å². The molecule has 0 radical (unpaired) electrons. The van der Waals surface area contributed by atoms with Crippen molar-refractivity contribution in [2.45, 2.75) is 33.2 Å². The first kappa shape index (κ1) is 19.5. The lowest BCUT2D eigenvalue weighted by molar-refractivity contribution is -0.123. The molecule has 1 amide bonds. The first-order valence-corrected chi connectivity index (χ1v) is 8.78. The first-order chi connectivity index (χ1) is 12.6. The zero-order valence-corrected chi connectivity index (χ0v) is 15.5. The maximum absolute atomic E-state index is 12.3. The Labute approximate surface area is 154 Å². The second-order valence-electron chi connectivity index (χ2n) is 5.98. The van der Waals surface area contributed by atoms with E-state index in [0.29, 0.717) is 23.7 Å². The smallest absolute Gasteiger partial charge is 0.258 e. The highest BCUT2D eigenvalue weighted by molar-refractivity contribution is 5.79. The van der Waals surface area contributed by atoms with Crippen molar-refractivity contribution in [3.05, 3.63) is 59.2 Å². The van der Waals surface area contributed by atoms with Crippen molar-refractivity contribution in [2.24, 2.45) is 0 Å². The summed E-state index contributed by atoms with van der Waals surface area (Å²) in [5, 5.41) is 2.99. The molecule has 2 rings (SSSR count). The Kier molecular flexibility index (Phi) is 7.21. The minimum atomic E-state index is -0.209. The lowest BCUT2D eigenvalue weighted by atomic mass is 10.0. The molecule has 26 heavy (non-hydrogen) atoms. The molecule has 1 atom stereocenters. The van der Waals surface area contributed by atoms with Gasteiger partial charge in [-0.2, -0.15) is 0 Å². The van der Waals surface area contributed by atoms with Crippen LogP contribution in [0.15, 0.2) is 42.5 Å². The number of amides is 1. The van der Waals surface area contributed by atoms with Gasteiger partial charge in [-0.1, -0.05) is 36.8 Å². The zero-order valence-electron chi connectivity index (χ0n) is 15.5. The molecule has 0 heterocycles. The van der Waals surface area contributed by atoms with Crippen molar-refractivity contribution in [2.75, 3.05) is 13.2 Å². The second-order valence-corrected chi connectivity index (χ2v) is 5.98. The highest BCUT2D eigenvalue weighted by Crippen LogP contribution is 2.28. The van der Waals surface area contributed by atoms with E-state index in [-0.39, 0.29) is 18.6 Å². The van der Waals surface area contributed by atoms with E-state index in [4.69, 9.17) is 9.47 Å². The third-order valence-corrected chi connectivity index (χ3v) is 3.99. The maximum Gasteiger partial charge on any atom is 0.258 e. The standard InChI is InChI=1S/C21H25NO4/c1-4-18(17-9-6-15(3)7-10-17)22-21(24)14-26-19-11-8-16(13-23)12-20(19)25-5-2/h6-13,18H,4-5,14H2,1-3H3,(H,22,24)/t18-/m0/s1. The minimum absolute atomic E-state index is 0.0597. The molecule has 5 heteroatoms. The van der Waals surface area contributed by atoms with E-state index in [9.17, 15) is 9.59 Å². The summed E-state index contributed by atoms with van der Waals surface area (Å²) >= 11 is 0. The normalized spacial score (nSPS) is 11.5. The fraction of sp³-hybridized carbons (Fsp3) is 0.333. The van der Waals surface area contributed by atoms with Gasteiger partial charge < -0.3 is 14.8 Å². The van der Waals surface area contributed by atoms with Crippen LogP contribution in [0.1, 0.15) is 47.8 Å². The molecule has 0 aliphatic rings. The van der Waals surface area contributed by atoms with Gasteiger partial charge in [0.25, 0.3) is 5.91 Å². The van der Waals surface area contributed by atoms with Crippen LogP contribution >= 0.6 is 0 Å². The number of rotatable bonds is 9. The van der Waals surface area contributed by atoms with Crippen LogP contribution in [0.4, 0.5) is 0 Å². The highest BCUT2D eigenvalue weighted by atomic mass is 16.5. The average Bonchev–Trinajstić information content (AvgIpc) is 2.66. The van der Waals surface area contributed by atoms with E-state index in [1.54, 1.807) is 18.2 Å². The van der Waals surface area contributed by atoms with Crippen molar-refractivity contribution in [3.63, 3.8) is 0 Å². The van der Waals surface area contributed by atoms with Gasteiger partial charge in [0, 0.05) is 5.56 Å².